The van der Waals surface area contributed by atoms with Crippen molar-refractivity contribution in [2.75, 3.05) is 27.3 Å². The molecule has 1 aromatic rings. The minimum atomic E-state index is 0.663. The molecule has 0 saturated carbocycles. The maximum atomic E-state index is 5.53. The summed E-state index contributed by atoms with van der Waals surface area (Å²) in [4.78, 5) is 0. The molecule has 3 heteroatoms. The molecule has 90 valence electrons. The summed E-state index contributed by atoms with van der Waals surface area (Å²) < 4.78 is 10.8. The highest BCUT2D eigenvalue weighted by molar-refractivity contribution is 5.42. The Morgan fingerprint density at radius 1 is 1.25 bits per heavy atom. The molecule has 0 aliphatic carbocycles. The standard InChI is InChI=1S/C13H21NO2/c1-4-16-13-10-11(6-5-9-14-2)7-8-12(13)15-3/h7-8,10,14H,4-6,9H2,1-3H3. The minimum absolute atomic E-state index is 0.663. The summed E-state index contributed by atoms with van der Waals surface area (Å²) >= 11 is 0. The van der Waals surface area contributed by atoms with Crippen LogP contribution in [-0.4, -0.2) is 27.3 Å². The van der Waals surface area contributed by atoms with Crippen LogP contribution in [0.2, 0.25) is 0 Å². The van der Waals surface area contributed by atoms with Crippen LogP contribution in [0.5, 0.6) is 11.5 Å². The Kier molecular flexibility index (Phi) is 5.72. The van der Waals surface area contributed by atoms with Crippen LogP contribution in [0.4, 0.5) is 0 Å². The van der Waals surface area contributed by atoms with Gasteiger partial charge in [-0.15, -0.1) is 0 Å². The third kappa shape index (κ3) is 3.74. The van der Waals surface area contributed by atoms with Crippen LogP contribution >= 0.6 is 0 Å². The quantitative estimate of drug-likeness (QED) is 0.719. The average Bonchev–Trinajstić information content (AvgIpc) is 2.30. The molecule has 0 saturated heterocycles. The molecule has 0 heterocycles. The van der Waals surface area contributed by atoms with Crippen LogP contribution < -0.4 is 14.8 Å². The van der Waals surface area contributed by atoms with Crippen LogP contribution in [0.3, 0.4) is 0 Å². The van der Waals surface area contributed by atoms with Gasteiger partial charge in [0.05, 0.1) is 13.7 Å². The molecule has 3 nitrogen and oxygen atoms in total. The molecule has 0 aliphatic rings. The normalized spacial score (nSPS) is 10.2. The van der Waals surface area contributed by atoms with Crippen molar-refractivity contribution < 1.29 is 9.47 Å². The van der Waals surface area contributed by atoms with E-state index < -0.39 is 0 Å². The molecule has 1 rings (SSSR count). The summed E-state index contributed by atoms with van der Waals surface area (Å²) in [6.45, 7) is 3.68. The molecule has 0 aromatic heterocycles. The van der Waals surface area contributed by atoms with E-state index in [-0.39, 0.29) is 0 Å². The Morgan fingerprint density at radius 3 is 2.69 bits per heavy atom. The first kappa shape index (κ1) is 12.8. The molecule has 1 aromatic carbocycles. The fraction of sp³-hybridized carbons (Fsp3) is 0.538. The van der Waals surface area contributed by atoms with Gasteiger partial charge in [-0.1, -0.05) is 6.07 Å². The van der Waals surface area contributed by atoms with Gasteiger partial charge >= 0.3 is 0 Å². The number of rotatable bonds is 7. The Balaban J connectivity index is 2.68. The number of ether oxygens (including phenoxy) is 2. The van der Waals surface area contributed by atoms with Crippen LogP contribution in [-0.2, 0) is 6.42 Å². The lowest BCUT2D eigenvalue weighted by molar-refractivity contribution is 0.310. The van der Waals surface area contributed by atoms with Crippen molar-refractivity contribution in [2.24, 2.45) is 0 Å². The Hall–Kier alpha value is -1.22. The highest BCUT2D eigenvalue weighted by atomic mass is 16.5. The molecule has 0 unspecified atom stereocenters. The minimum Gasteiger partial charge on any atom is -0.493 e. The van der Waals surface area contributed by atoms with Crippen molar-refractivity contribution in [2.45, 2.75) is 19.8 Å². The zero-order valence-electron chi connectivity index (χ0n) is 10.4. The Labute approximate surface area is 97.8 Å². The fourth-order valence-corrected chi connectivity index (χ4v) is 1.61. The van der Waals surface area contributed by atoms with Gasteiger partial charge in [0, 0.05) is 0 Å². The molecule has 0 fully saturated rings. The first-order valence-corrected chi connectivity index (χ1v) is 5.76. The predicted octanol–water partition coefficient (Wildman–Crippen LogP) is 2.25. The number of nitrogens with one attached hydrogen (secondary N) is 1. The van der Waals surface area contributed by atoms with Gasteiger partial charge in [-0.05, 0) is 51.1 Å². The van der Waals surface area contributed by atoms with E-state index >= 15 is 0 Å². The summed E-state index contributed by atoms with van der Waals surface area (Å²) in [5.41, 5.74) is 1.29. The maximum Gasteiger partial charge on any atom is 0.161 e. The predicted molar refractivity (Wildman–Crippen MR) is 66.4 cm³/mol. The van der Waals surface area contributed by atoms with Crippen LogP contribution in [0.1, 0.15) is 18.9 Å². The monoisotopic (exact) mass is 223 g/mol. The number of aryl methyl sites for hydroxylation is 1. The Morgan fingerprint density at radius 2 is 2.06 bits per heavy atom. The van der Waals surface area contributed by atoms with E-state index in [2.05, 4.69) is 17.4 Å². The van der Waals surface area contributed by atoms with Crippen LogP contribution in [0, 0.1) is 0 Å². The van der Waals surface area contributed by atoms with Gasteiger partial charge < -0.3 is 14.8 Å². The second kappa shape index (κ2) is 7.12. The van der Waals surface area contributed by atoms with E-state index in [4.69, 9.17) is 9.47 Å². The van der Waals surface area contributed by atoms with Crippen LogP contribution in [0.25, 0.3) is 0 Å². The lowest BCUT2D eigenvalue weighted by Gasteiger charge is -2.11. The summed E-state index contributed by atoms with van der Waals surface area (Å²) in [6.07, 6.45) is 2.19. The third-order valence-electron chi connectivity index (χ3n) is 2.42. The zero-order valence-corrected chi connectivity index (χ0v) is 10.4. The molecule has 0 radical (unpaired) electrons. The smallest absolute Gasteiger partial charge is 0.161 e. The summed E-state index contributed by atoms with van der Waals surface area (Å²) in [5, 5.41) is 3.14. The molecule has 0 aliphatic heterocycles. The van der Waals surface area contributed by atoms with E-state index in [1.54, 1.807) is 7.11 Å². The first-order chi connectivity index (χ1) is 7.81. The SMILES string of the molecule is CCOc1cc(CCCNC)ccc1OC. The van der Waals surface area contributed by atoms with E-state index in [1.165, 1.54) is 5.56 Å². The van der Waals surface area contributed by atoms with E-state index in [1.807, 2.05) is 20.0 Å². The van der Waals surface area contributed by atoms with Crippen molar-refractivity contribution in [3.63, 3.8) is 0 Å². The van der Waals surface area contributed by atoms with Gasteiger partial charge in [-0.3, -0.25) is 0 Å². The van der Waals surface area contributed by atoms with Gasteiger partial charge in [-0.2, -0.15) is 0 Å². The van der Waals surface area contributed by atoms with Gasteiger partial charge in [-0.25, -0.2) is 0 Å². The van der Waals surface area contributed by atoms with Gasteiger partial charge in [0.1, 0.15) is 0 Å². The molecule has 0 spiro atoms. The largest absolute Gasteiger partial charge is 0.493 e. The van der Waals surface area contributed by atoms with E-state index in [9.17, 15) is 0 Å². The van der Waals surface area contributed by atoms with Gasteiger partial charge in [0.25, 0.3) is 0 Å². The Bertz CT molecular complexity index is 313. The van der Waals surface area contributed by atoms with E-state index in [0.717, 1.165) is 30.9 Å². The number of benzene rings is 1. The van der Waals surface area contributed by atoms with Crippen molar-refractivity contribution in [1.29, 1.82) is 0 Å². The number of hydrogen-bond acceptors (Lipinski definition) is 3. The second-order valence-corrected chi connectivity index (χ2v) is 3.63. The van der Waals surface area contributed by atoms with Crippen molar-refractivity contribution >= 4 is 0 Å². The van der Waals surface area contributed by atoms with E-state index in [0.29, 0.717) is 6.61 Å². The topological polar surface area (TPSA) is 30.5 Å². The molecular formula is C13H21NO2. The number of hydrogen-bond donors (Lipinski definition) is 1. The highest BCUT2D eigenvalue weighted by Crippen LogP contribution is 2.28. The lowest BCUT2D eigenvalue weighted by atomic mass is 10.1. The van der Waals surface area contributed by atoms with Gasteiger partial charge in [0.2, 0.25) is 0 Å². The van der Waals surface area contributed by atoms with Crippen molar-refractivity contribution in [1.82, 2.24) is 5.32 Å². The molecular weight excluding hydrogens is 202 g/mol. The second-order valence-electron chi connectivity index (χ2n) is 3.63. The highest BCUT2D eigenvalue weighted by Gasteiger charge is 2.04. The third-order valence-corrected chi connectivity index (χ3v) is 2.42. The summed E-state index contributed by atoms with van der Waals surface area (Å²) in [7, 11) is 3.64. The van der Waals surface area contributed by atoms with Gasteiger partial charge in [0.15, 0.2) is 11.5 Å². The lowest BCUT2D eigenvalue weighted by Crippen LogP contribution is -2.08. The molecule has 0 bridgehead atoms. The first-order valence-electron chi connectivity index (χ1n) is 5.76. The molecule has 0 atom stereocenters. The molecule has 1 N–H and O–H groups in total. The average molecular weight is 223 g/mol. The zero-order chi connectivity index (χ0) is 11.8. The van der Waals surface area contributed by atoms with Crippen molar-refractivity contribution in [3.8, 4) is 11.5 Å². The molecule has 0 amide bonds. The summed E-state index contributed by atoms with van der Waals surface area (Å²) in [6, 6.07) is 6.13. The maximum absolute atomic E-state index is 5.53. The van der Waals surface area contributed by atoms with Crippen LogP contribution in [0.15, 0.2) is 18.2 Å². The van der Waals surface area contributed by atoms with Crippen molar-refractivity contribution in [3.05, 3.63) is 23.8 Å². The fourth-order valence-electron chi connectivity index (χ4n) is 1.61. The number of methoxy groups -OCH3 is 1. The summed E-state index contributed by atoms with van der Waals surface area (Å²) in [5.74, 6) is 1.64. The molecule has 16 heavy (non-hydrogen) atoms.